The molecule has 1 fully saturated rings. The highest BCUT2D eigenvalue weighted by Crippen LogP contribution is 2.39. The van der Waals surface area contributed by atoms with E-state index in [0.717, 1.165) is 12.8 Å². The lowest BCUT2D eigenvalue weighted by molar-refractivity contribution is 0.102. The molecule has 1 aliphatic rings. The third-order valence-electron chi connectivity index (χ3n) is 4.34. The van der Waals surface area contributed by atoms with Gasteiger partial charge in [-0.05, 0) is 49.2 Å². The molecular weight excluding hydrogens is 401 g/mol. The number of para-hydroxylation sites is 1. The lowest BCUT2D eigenvalue weighted by atomic mass is 10.1. The summed E-state index contributed by atoms with van der Waals surface area (Å²) in [6.45, 7) is 0.250. The van der Waals surface area contributed by atoms with E-state index in [1.54, 1.807) is 12.1 Å². The van der Waals surface area contributed by atoms with Gasteiger partial charge in [-0.25, -0.2) is 4.39 Å². The molecule has 28 heavy (non-hydrogen) atoms. The first-order valence-corrected chi connectivity index (χ1v) is 10.2. The predicted molar refractivity (Wildman–Crippen MR) is 106 cm³/mol. The van der Waals surface area contributed by atoms with Crippen molar-refractivity contribution in [2.75, 3.05) is 5.75 Å². The Balaban J connectivity index is 1.44. The minimum Gasteiger partial charge on any atom is -0.484 e. The molecule has 0 atom stereocenters. The van der Waals surface area contributed by atoms with Gasteiger partial charge in [0, 0.05) is 11.6 Å². The summed E-state index contributed by atoms with van der Waals surface area (Å²) in [5.41, 5.74) is 0.480. The normalized spacial score (nSPS) is 13.5. The number of thioether (sulfide) groups is 1. The van der Waals surface area contributed by atoms with E-state index in [9.17, 15) is 9.18 Å². The Bertz CT molecular complexity index is 989. The summed E-state index contributed by atoms with van der Waals surface area (Å²) in [5, 5.41) is 9.72. The van der Waals surface area contributed by atoms with E-state index in [1.807, 2.05) is 16.7 Å². The molecule has 0 spiro atoms. The Hall–Kier alpha value is -2.38. The molecule has 4 rings (SSSR count). The predicted octanol–water partition coefficient (Wildman–Crippen LogP) is 4.96. The molecule has 0 unspecified atom stereocenters. The first-order chi connectivity index (χ1) is 13.6. The van der Waals surface area contributed by atoms with Crippen LogP contribution in [0.2, 0.25) is 5.02 Å². The van der Waals surface area contributed by atoms with Crippen LogP contribution in [0.15, 0.2) is 53.7 Å². The fourth-order valence-electron chi connectivity index (χ4n) is 2.76. The van der Waals surface area contributed by atoms with Gasteiger partial charge >= 0.3 is 0 Å². The Morgan fingerprint density at radius 2 is 1.93 bits per heavy atom. The monoisotopic (exact) mass is 417 g/mol. The Labute approximate surface area is 170 Å². The van der Waals surface area contributed by atoms with E-state index < -0.39 is 0 Å². The van der Waals surface area contributed by atoms with Gasteiger partial charge in [0.1, 0.15) is 18.2 Å². The summed E-state index contributed by atoms with van der Waals surface area (Å²) < 4.78 is 20.8. The quantitative estimate of drug-likeness (QED) is 0.383. The van der Waals surface area contributed by atoms with Crippen molar-refractivity contribution in [1.29, 1.82) is 0 Å². The van der Waals surface area contributed by atoms with Crippen LogP contribution in [0.5, 0.6) is 5.75 Å². The molecule has 0 aliphatic heterocycles. The molecule has 144 valence electrons. The second-order valence-corrected chi connectivity index (χ2v) is 7.79. The van der Waals surface area contributed by atoms with Gasteiger partial charge < -0.3 is 4.74 Å². The van der Waals surface area contributed by atoms with Crippen LogP contribution in [-0.2, 0) is 6.61 Å². The zero-order valence-corrected chi connectivity index (χ0v) is 16.4. The van der Waals surface area contributed by atoms with Crippen LogP contribution in [0.4, 0.5) is 4.39 Å². The summed E-state index contributed by atoms with van der Waals surface area (Å²) in [6.07, 6.45) is 2.10. The van der Waals surface area contributed by atoms with Crippen molar-refractivity contribution < 1.29 is 13.9 Å². The standard InChI is InChI=1S/C20H17ClFN3O2S/c21-16-3-1-2-4-18(16)27-11-19-23-24-20(25(19)15-9-10-15)28-12-17(26)13-5-7-14(22)8-6-13/h1-8,15H,9-12H2. The number of hydrogen-bond acceptors (Lipinski definition) is 5. The van der Waals surface area contributed by atoms with Crippen LogP contribution in [0, 0.1) is 5.82 Å². The third-order valence-corrected chi connectivity index (χ3v) is 5.59. The Kier molecular flexibility index (Phi) is 5.64. The third kappa shape index (κ3) is 4.36. The van der Waals surface area contributed by atoms with Crippen LogP contribution >= 0.6 is 23.4 Å². The van der Waals surface area contributed by atoms with Crippen LogP contribution in [0.25, 0.3) is 0 Å². The molecule has 5 nitrogen and oxygen atoms in total. The van der Waals surface area contributed by atoms with Gasteiger partial charge in [-0.2, -0.15) is 0 Å². The average molecular weight is 418 g/mol. The van der Waals surface area contributed by atoms with Gasteiger partial charge in [0.25, 0.3) is 0 Å². The number of nitrogens with zero attached hydrogens (tertiary/aromatic N) is 3. The molecule has 0 N–H and O–H groups in total. The maximum Gasteiger partial charge on any atom is 0.192 e. The van der Waals surface area contributed by atoms with Crippen molar-refractivity contribution in [3.63, 3.8) is 0 Å². The second kappa shape index (κ2) is 8.32. The van der Waals surface area contributed by atoms with E-state index in [-0.39, 0.29) is 24.0 Å². The number of halogens is 2. The first kappa shape index (κ1) is 19.0. The first-order valence-electron chi connectivity index (χ1n) is 8.84. The summed E-state index contributed by atoms with van der Waals surface area (Å²) in [4.78, 5) is 12.3. The highest BCUT2D eigenvalue weighted by molar-refractivity contribution is 7.99. The molecule has 0 bridgehead atoms. The number of ketones is 1. The number of carbonyl (C=O) groups excluding carboxylic acids is 1. The molecular formula is C20H17ClFN3O2S. The van der Waals surface area contributed by atoms with Gasteiger partial charge in [0.05, 0.1) is 10.8 Å². The molecule has 1 aliphatic carbocycles. The number of hydrogen-bond donors (Lipinski definition) is 0. The van der Waals surface area contributed by atoms with Crippen LogP contribution in [0.1, 0.15) is 35.1 Å². The maximum absolute atomic E-state index is 13.0. The van der Waals surface area contributed by atoms with Crippen molar-refractivity contribution in [1.82, 2.24) is 14.8 Å². The summed E-state index contributed by atoms with van der Waals surface area (Å²) >= 11 is 7.46. The molecule has 0 saturated heterocycles. The molecule has 1 aromatic heterocycles. The summed E-state index contributed by atoms with van der Waals surface area (Å²) in [5.74, 6) is 1.07. The number of Topliss-reactive ketones (excluding diaryl/α,β-unsaturated/α-hetero) is 1. The van der Waals surface area contributed by atoms with Crippen LogP contribution in [0.3, 0.4) is 0 Å². The maximum atomic E-state index is 13.0. The molecule has 1 heterocycles. The van der Waals surface area contributed by atoms with Crippen LogP contribution < -0.4 is 4.74 Å². The van der Waals surface area contributed by atoms with Crippen molar-refractivity contribution in [3.8, 4) is 5.75 Å². The number of carbonyl (C=O) groups is 1. The van der Waals surface area contributed by atoms with Crippen molar-refractivity contribution >= 4 is 29.1 Å². The minimum atomic E-state index is -0.360. The number of rotatable bonds is 8. The molecule has 1 saturated carbocycles. The minimum absolute atomic E-state index is 0.0794. The lowest BCUT2D eigenvalue weighted by Crippen LogP contribution is -2.08. The molecule has 2 aromatic carbocycles. The highest BCUT2D eigenvalue weighted by atomic mass is 35.5. The van der Waals surface area contributed by atoms with Crippen LogP contribution in [-0.4, -0.2) is 26.3 Å². The van der Waals surface area contributed by atoms with Crippen molar-refractivity contribution in [2.45, 2.75) is 30.6 Å². The zero-order valence-electron chi connectivity index (χ0n) is 14.8. The topological polar surface area (TPSA) is 57.0 Å². The summed E-state index contributed by atoms with van der Waals surface area (Å²) in [7, 11) is 0. The Morgan fingerprint density at radius 1 is 1.18 bits per heavy atom. The smallest absolute Gasteiger partial charge is 0.192 e. The average Bonchev–Trinajstić information content (AvgIpc) is 3.46. The van der Waals surface area contributed by atoms with Gasteiger partial charge in [0.15, 0.2) is 16.8 Å². The number of benzene rings is 2. The van der Waals surface area contributed by atoms with E-state index in [2.05, 4.69) is 10.2 Å². The molecule has 3 aromatic rings. The van der Waals surface area contributed by atoms with Crippen molar-refractivity contribution in [2.24, 2.45) is 0 Å². The zero-order chi connectivity index (χ0) is 19.5. The van der Waals surface area contributed by atoms with Gasteiger partial charge in [-0.15, -0.1) is 10.2 Å². The number of ether oxygens (including phenoxy) is 1. The van der Waals surface area contributed by atoms with E-state index in [1.165, 1.54) is 36.0 Å². The highest BCUT2D eigenvalue weighted by Gasteiger charge is 2.30. The van der Waals surface area contributed by atoms with Crippen molar-refractivity contribution in [3.05, 3.63) is 70.8 Å². The van der Waals surface area contributed by atoms with E-state index >= 15 is 0 Å². The van der Waals surface area contributed by atoms with E-state index in [0.29, 0.717) is 33.4 Å². The lowest BCUT2D eigenvalue weighted by Gasteiger charge is -2.10. The van der Waals surface area contributed by atoms with Gasteiger partial charge in [0.2, 0.25) is 0 Å². The second-order valence-electron chi connectivity index (χ2n) is 6.44. The Morgan fingerprint density at radius 3 is 2.64 bits per heavy atom. The summed E-state index contributed by atoms with van der Waals surface area (Å²) in [6, 6.07) is 13.2. The fourth-order valence-corrected chi connectivity index (χ4v) is 3.87. The van der Waals surface area contributed by atoms with Gasteiger partial charge in [-0.3, -0.25) is 9.36 Å². The molecule has 0 amide bonds. The van der Waals surface area contributed by atoms with E-state index in [4.69, 9.17) is 16.3 Å². The SMILES string of the molecule is O=C(CSc1nnc(COc2ccccc2Cl)n1C1CC1)c1ccc(F)cc1. The molecule has 8 heteroatoms. The fraction of sp³-hybridized carbons (Fsp3) is 0.250. The molecule has 0 radical (unpaired) electrons. The largest absolute Gasteiger partial charge is 0.484 e. The van der Waals surface area contributed by atoms with Gasteiger partial charge in [-0.1, -0.05) is 35.5 Å². The number of aromatic nitrogens is 3.